The molecule has 3 rings (SSSR count). The van der Waals surface area contributed by atoms with Gasteiger partial charge in [0.15, 0.2) is 5.17 Å². The van der Waals surface area contributed by atoms with Gasteiger partial charge in [-0.3, -0.25) is 9.69 Å². The number of aliphatic imine (C=N–C) groups is 1. The Morgan fingerprint density at radius 3 is 2.77 bits per heavy atom. The third kappa shape index (κ3) is 3.05. The van der Waals surface area contributed by atoms with Crippen LogP contribution in [-0.4, -0.2) is 48.5 Å². The fourth-order valence-corrected chi connectivity index (χ4v) is 4.00. The number of nitrogens with zero attached hydrogens (tertiary/aromatic N) is 2. The molecule has 8 heteroatoms. The van der Waals surface area contributed by atoms with Gasteiger partial charge in [-0.15, -0.1) is 0 Å². The molecule has 1 aromatic carbocycles. The molecule has 0 unspecified atom stereocenters. The molecule has 0 aliphatic carbocycles. The Morgan fingerprint density at radius 1 is 1.35 bits per heavy atom. The van der Waals surface area contributed by atoms with Crippen LogP contribution in [0, 0.1) is 0 Å². The van der Waals surface area contributed by atoms with E-state index in [1.54, 1.807) is 51.2 Å². The first-order chi connectivity index (χ1) is 12.5. The summed E-state index contributed by atoms with van der Waals surface area (Å²) in [7, 11) is 3.11. The third-order valence-electron chi connectivity index (χ3n) is 4.21. The van der Waals surface area contributed by atoms with Gasteiger partial charge in [0, 0.05) is 5.56 Å². The lowest BCUT2D eigenvalue weighted by molar-refractivity contribution is -0.139. The van der Waals surface area contributed by atoms with E-state index in [4.69, 9.17) is 14.2 Å². The summed E-state index contributed by atoms with van der Waals surface area (Å²) < 4.78 is 16.1. The fraction of sp³-hybridized carbons (Fsp3) is 0.389. The molecule has 1 aromatic rings. The highest BCUT2D eigenvalue weighted by molar-refractivity contribution is 8.15. The van der Waals surface area contributed by atoms with Crippen molar-refractivity contribution in [1.82, 2.24) is 4.90 Å². The maximum absolute atomic E-state index is 12.7. The van der Waals surface area contributed by atoms with Crippen LogP contribution in [0.25, 0.3) is 0 Å². The largest absolute Gasteiger partial charge is 0.497 e. The number of esters is 1. The molecule has 0 spiro atoms. The number of hydrogen-bond donors (Lipinski definition) is 0. The second-order valence-electron chi connectivity index (χ2n) is 5.68. The molecule has 0 bridgehead atoms. The van der Waals surface area contributed by atoms with Crippen LogP contribution in [0.3, 0.4) is 0 Å². The van der Waals surface area contributed by atoms with E-state index in [1.165, 1.54) is 11.8 Å². The molecule has 1 fully saturated rings. The molecule has 0 N–H and O–H groups in total. The minimum Gasteiger partial charge on any atom is -0.497 e. The summed E-state index contributed by atoms with van der Waals surface area (Å²) in [4.78, 5) is 31.2. The molecule has 1 saturated heterocycles. The summed E-state index contributed by atoms with van der Waals surface area (Å²) >= 11 is 1.36. The highest BCUT2D eigenvalue weighted by atomic mass is 32.2. The van der Waals surface area contributed by atoms with Gasteiger partial charge >= 0.3 is 5.97 Å². The van der Waals surface area contributed by atoms with E-state index in [0.717, 1.165) is 0 Å². The van der Waals surface area contributed by atoms with E-state index in [0.29, 0.717) is 33.5 Å². The summed E-state index contributed by atoms with van der Waals surface area (Å²) in [6.07, 6.45) is 0. The minimum atomic E-state index is -0.672. The van der Waals surface area contributed by atoms with Crippen LogP contribution in [0.2, 0.25) is 0 Å². The number of amidine groups is 1. The van der Waals surface area contributed by atoms with Gasteiger partial charge in [0.05, 0.1) is 37.8 Å². The SMILES string of the molecule is CCOC(=O)C1=C(C)N=C2SCC(=O)N2[C@@H]1c1cc(OC)ccc1OC. The zero-order valence-corrected chi connectivity index (χ0v) is 15.9. The van der Waals surface area contributed by atoms with Crippen LogP contribution in [-0.2, 0) is 14.3 Å². The Labute approximate surface area is 156 Å². The Kier molecular flexibility index (Phi) is 5.22. The van der Waals surface area contributed by atoms with Crippen molar-refractivity contribution >= 4 is 28.8 Å². The highest BCUT2D eigenvalue weighted by Gasteiger charge is 2.44. The average Bonchev–Trinajstić information content (AvgIpc) is 3.00. The van der Waals surface area contributed by atoms with Gasteiger partial charge in [-0.25, -0.2) is 9.79 Å². The molecule has 2 heterocycles. The summed E-state index contributed by atoms with van der Waals surface area (Å²) in [6, 6.07) is 4.62. The lowest BCUT2D eigenvalue weighted by atomic mass is 9.93. The molecule has 138 valence electrons. The number of hydrogen-bond acceptors (Lipinski definition) is 7. The first-order valence-corrected chi connectivity index (χ1v) is 9.13. The summed E-state index contributed by atoms with van der Waals surface area (Å²) in [6.45, 7) is 3.72. The Bertz CT molecular complexity index is 818. The number of fused-ring (bicyclic) bond motifs is 1. The second-order valence-corrected chi connectivity index (χ2v) is 6.62. The van der Waals surface area contributed by atoms with Gasteiger partial charge in [0.1, 0.15) is 17.5 Å². The molecule has 2 aliphatic heterocycles. The number of allylic oxidation sites excluding steroid dienone is 1. The summed E-state index contributed by atoms with van der Waals surface area (Å²) in [5, 5.41) is 0.579. The number of benzene rings is 1. The van der Waals surface area contributed by atoms with Crippen LogP contribution >= 0.6 is 11.8 Å². The van der Waals surface area contributed by atoms with E-state index < -0.39 is 12.0 Å². The standard InChI is InChI=1S/C18H20N2O5S/c1-5-25-17(22)15-10(2)19-18-20(14(21)9-26-18)16(15)12-8-11(23-3)6-7-13(12)24-4/h6-8,16H,5,9H2,1-4H3/t16-/m1/s1. The molecule has 2 aliphatic rings. The number of carbonyl (C=O) groups excluding carboxylic acids is 2. The second kappa shape index (κ2) is 7.41. The molecule has 0 radical (unpaired) electrons. The monoisotopic (exact) mass is 376 g/mol. The van der Waals surface area contributed by atoms with Crippen molar-refractivity contribution in [2.45, 2.75) is 19.9 Å². The molecule has 1 atom stereocenters. The van der Waals surface area contributed by atoms with Crippen LogP contribution in [0.1, 0.15) is 25.5 Å². The maximum atomic E-state index is 12.7. The van der Waals surface area contributed by atoms with Crippen LogP contribution < -0.4 is 9.47 Å². The van der Waals surface area contributed by atoms with Gasteiger partial charge < -0.3 is 14.2 Å². The molecular formula is C18H20N2O5S. The van der Waals surface area contributed by atoms with Crippen molar-refractivity contribution in [3.05, 3.63) is 35.0 Å². The van der Waals surface area contributed by atoms with Crippen molar-refractivity contribution in [2.24, 2.45) is 4.99 Å². The Morgan fingerprint density at radius 2 is 2.12 bits per heavy atom. The van der Waals surface area contributed by atoms with E-state index in [9.17, 15) is 9.59 Å². The number of thioether (sulfide) groups is 1. The van der Waals surface area contributed by atoms with Gasteiger partial charge in [0.2, 0.25) is 5.91 Å². The van der Waals surface area contributed by atoms with E-state index in [-0.39, 0.29) is 18.3 Å². The normalized spacial score (nSPS) is 19.2. The first kappa shape index (κ1) is 18.3. The summed E-state index contributed by atoms with van der Waals surface area (Å²) in [5.74, 6) is 0.831. The molecule has 0 saturated carbocycles. The molecule has 7 nitrogen and oxygen atoms in total. The predicted molar refractivity (Wildman–Crippen MR) is 98.4 cm³/mol. The molecular weight excluding hydrogens is 356 g/mol. The van der Waals surface area contributed by atoms with Gasteiger partial charge in [0.25, 0.3) is 0 Å². The topological polar surface area (TPSA) is 77.4 Å². The Balaban J connectivity index is 2.21. The van der Waals surface area contributed by atoms with Crippen molar-refractivity contribution in [1.29, 1.82) is 0 Å². The minimum absolute atomic E-state index is 0.113. The van der Waals surface area contributed by atoms with Gasteiger partial charge in [-0.05, 0) is 32.0 Å². The van der Waals surface area contributed by atoms with Crippen LogP contribution in [0.5, 0.6) is 11.5 Å². The average molecular weight is 376 g/mol. The van der Waals surface area contributed by atoms with Gasteiger partial charge in [-0.1, -0.05) is 11.8 Å². The molecule has 0 aromatic heterocycles. The van der Waals surface area contributed by atoms with Crippen molar-refractivity contribution < 1.29 is 23.8 Å². The predicted octanol–water partition coefficient (Wildman–Crippen LogP) is 2.53. The Hall–Kier alpha value is -2.48. The van der Waals surface area contributed by atoms with E-state index in [2.05, 4.69) is 4.99 Å². The van der Waals surface area contributed by atoms with Crippen molar-refractivity contribution in [3.63, 3.8) is 0 Å². The third-order valence-corrected chi connectivity index (χ3v) is 5.15. The van der Waals surface area contributed by atoms with Crippen molar-refractivity contribution in [3.8, 4) is 11.5 Å². The number of methoxy groups -OCH3 is 2. The number of amides is 1. The highest BCUT2D eigenvalue weighted by Crippen LogP contribution is 2.44. The van der Waals surface area contributed by atoms with E-state index >= 15 is 0 Å². The van der Waals surface area contributed by atoms with Crippen molar-refractivity contribution in [2.75, 3.05) is 26.6 Å². The lowest BCUT2D eigenvalue weighted by Gasteiger charge is -2.33. The molecule has 26 heavy (non-hydrogen) atoms. The first-order valence-electron chi connectivity index (χ1n) is 8.15. The van der Waals surface area contributed by atoms with E-state index in [1.807, 2.05) is 0 Å². The van der Waals surface area contributed by atoms with Crippen LogP contribution in [0.4, 0.5) is 0 Å². The van der Waals surface area contributed by atoms with Gasteiger partial charge in [-0.2, -0.15) is 0 Å². The zero-order valence-electron chi connectivity index (χ0n) is 15.1. The maximum Gasteiger partial charge on any atom is 0.338 e. The quantitative estimate of drug-likeness (QED) is 0.735. The number of carbonyl (C=O) groups is 2. The number of rotatable bonds is 5. The fourth-order valence-electron chi connectivity index (χ4n) is 3.06. The molecule has 1 amide bonds. The van der Waals surface area contributed by atoms with Crippen LogP contribution in [0.15, 0.2) is 34.5 Å². The zero-order chi connectivity index (χ0) is 18.8. The smallest absolute Gasteiger partial charge is 0.338 e. The summed E-state index contributed by atoms with van der Waals surface area (Å²) in [5.41, 5.74) is 1.52. The lowest BCUT2D eigenvalue weighted by Crippen LogP contribution is -2.39. The number of ether oxygens (including phenoxy) is 3.